The van der Waals surface area contributed by atoms with Gasteiger partial charge in [-0.05, 0) is 62.4 Å². The van der Waals surface area contributed by atoms with Gasteiger partial charge < -0.3 is 9.30 Å². The smallest absolute Gasteiger partial charge is 0.337 e. The predicted molar refractivity (Wildman–Crippen MR) is 135 cm³/mol. The third kappa shape index (κ3) is 5.18. The van der Waals surface area contributed by atoms with Crippen molar-refractivity contribution in [2.24, 2.45) is 4.99 Å². The Morgan fingerprint density at radius 2 is 1.77 bits per heavy atom. The van der Waals surface area contributed by atoms with Crippen molar-refractivity contribution in [3.8, 4) is 0 Å². The molecular formula is C25H23N3O5S2. The number of hydrogen-bond acceptors (Lipinski definition) is 6. The summed E-state index contributed by atoms with van der Waals surface area (Å²) < 4.78 is 35.4. The third-order valence-electron chi connectivity index (χ3n) is 5.31. The number of aryl methyl sites for hydroxylation is 2. The van der Waals surface area contributed by atoms with Gasteiger partial charge in [0.05, 0.1) is 27.8 Å². The van der Waals surface area contributed by atoms with Crippen molar-refractivity contribution in [2.45, 2.75) is 25.3 Å². The zero-order chi connectivity index (χ0) is 25.2. The summed E-state index contributed by atoms with van der Waals surface area (Å²) in [5.41, 5.74) is 2.70. The Balaban J connectivity index is 1.66. The van der Waals surface area contributed by atoms with Gasteiger partial charge in [0.2, 0.25) is 0 Å². The van der Waals surface area contributed by atoms with E-state index in [0.717, 1.165) is 15.8 Å². The number of anilines is 1. The van der Waals surface area contributed by atoms with Gasteiger partial charge in [-0.15, -0.1) is 0 Å². The van der Waals surface area contributed by atoms with Gasteiger partial charge in [-0.2, -0.15) is 4.99 Å². The zero-order valence-electron chi connectivity index (χ0n) is 19.3. The first kappa shape index (κ1) is 24.4. The fourth-order valence-corrected chi connectivity index (χ4v) is 5.69. The molecule has 0 radical (unpaired) electrons. The third-order valence-corrected chi connectivity index (χ3v) is 7.75. The molecule has 35 heavy (non-hydrogen) atoms. The van der Waals surface area contributed by atoms with Crippen LogP contribution in [0.4, 0.5) is 5.69 Å². The topological polar surface area (TPSA) is 107 Å². The molecule has 0 saturated heterocycles. The van der Waals surface area contributed by atoms with Gasteiger partial charge in [0.25, 0.3) is 15.9 Å². The lowest BCUT2D eigenvalue weighted by Gasteiger charge is -2.09. The number of hydrogen-bond donors (Lipinski definition) is 1. The van der Waals surface area contributed by atoms with Crippen molar-refractivity contribution in [1.82, 2.24) is 4.57 Å². The number of nitrogens with zero attached hydrogens (tertiary/aromatic N) is 2. The lowest BCUT2D eigenvalue weighted by Crippen LogP contribution is -2.16. The monoisotopic (exact) mass is 509 g/mol. The number of sulfonamides is 1. The van der Waals surface area contributed by atoms with Gasteiger partial charge in [0.1, 0.15) is 0 Å². The minimum atomic E-state index is -3.80. The molecule has 0 spiro atoms. The van der Waals surface area contributed by atoms with Gasteiger partial charge in [0, 0.05) is 17.8 Å². The molecule has 1 heterocycles. The highest BCUT2D eigenvalue weighted by atomic mass is 32.2. The summed E-state index contributed by atoms with van der Waals surface area (Å²) in [6.07, 6.45) is 0. The summed E-state index contributed by atoms with van der Waals surface area (Å²) in [4.78, 5) is 29.7. The van der Waals surface area contributed by atoms with E-state index in [4.69, 9.17) is 4.74 Å². The predicted octanol–water partition coefficient (Wildman–Crippen LogP) is 4.36. The molecule has 1 N–H and O–H groups in total. The first-order valence-electron chi connectivity index (χ1n) is 10.7. The van der Waals surface area contributed by atoms with Gasteiger partial charge in [-0.3, -0.25) is 9.52 Å². The summed E-state index contributed by atoms with van der Waals surface area (Å²) in [6, 6.07) is 17.9. The average molecular weight is 510 g/mol. The molecule has 4 aromatic rings. The molecule has 180 valence electrons. The maximum absolute atomic E-state index is 13.0. The summed E-state index contributed by atoms with van der Waals surface area (Å²) >= 11 is 1.28. The lowest BCUT2D eigenvalue weighted by atomic mass is 10.2. The molecule has 0 bridgehead atoms. The van der Waals surface area contributed by atoms with Crippen LogP contribution in [0.25, 0.3) is 10.2 Å². The zero-order valence-corrected chi connectivity index (χ0v) is 20.9. The Hall–Kier alpha value is -3.76. The maximum Gasteiger partial charge on any atom is 0.337 e. The number of carbonyl (C=O) groups is 2. The van der Waals surface area contributed by atoms with Crippen LogP contribution in [0.1, 0.15) is 33.2 Å². The van der Waals surface area contributed by atoms with E-state index >= 15 is 0 Å². The fourth-order valence-electron chi connectivity index (χ4n) is 3.51. The van der Waals surface area contributed by atoms with E-state index in [-0.39, 0.29) is 16.1 Å². The van der Waals surface area contributed by atoms with Crippen molar-refractivity contribution >= 4 is 49.1 Å². The summed E-state index contributed by atoms with van der Waals surface area (Å²) in [5, 5.41) is 0. The lowest BCUT2D eigenvalue weighted by molar-refractivity contribution is 0.0600. The van der Waals surface area contributed by atoms with Crippen molar-refractivity contribution in [2.75, 3.05) is 11.8 Å². The minimum absolute atomic E-state index is 0.130. The van der Waals surface area contributed by atoms with E-state index in [1.165, 1.54) is 36.6 Å². The quantitative estimate of drug-likeness (QED) is 0.389. The van der Waals surface area contributed by atoms with E-state index in [1.54, 1.807) is 48.5 Å². The Bertz CT molecular complexity index is 1600. The summed E-state index contributed by atoms with van der Waals surface area (Å²) in [7, 11) is -2.48. The molecule has 0 saturated carbocycles. The molecule has 0 fully saturated rings. The number of nitrogens with one attached hydrogen (secondary N) is 1. The van der Waals surface area contributed by atoms with Crippen molar-refractivity contribution in [3.63, 3.8) is 0 Å². The number of thiazole rings is 1. The average Bonchev–Trinajstić information content (AvgIpc) is 3.19. The van der Waals surface area contributed by atoms with E-state index in [9.17, 15) is 18.0 Å². The van der Waals surface area contributed by atoms with E-state index in [1.807, 2.05) is 18.4 Å². The Morgan fingerprint density at radius 1 is 1.03 bits per heavy atom. The molecule has 0 aliphatic heterocycles. The standard InChI is InChI=1S/C25H23N3O5S2/c1-4-28-21-13-10-18(24(30)33-3)15-22(21)34-25(28)26-23(29)17-6-5-7-19(14-17)27-35(31,32)20-11-8-16(2)9-12-20/h5-15,27H,4H2,1-3H3. The molecule has 1 amide bonds. The number of esters is 1. The van der Waals surface area contributed by atoms with Crippen LogP contribution in [0, 0.1) is 6.92 Å². The SMILES string of the molecule is CCn1c(=NC(=O)c2cccc(NS(=O)(=O)c3ccc(C)cc3)c2)sc2cc(C(=O)OC)ccc21. The van der Waals surface area contributed by atoms with Gasteiger partial charge in [-0.1, -0.05) is 35.1 Å². The number of aromatic nitrogens is 1. The molecule has 1 aromatic heterocycles. The molecule has 3 aromatic carbocycles. The first-order chi connectivity index (χ1) is 16.7. The second kappa shape index (κ2) is 9.85. The van der Waals surface area contributed by atoms with Crippen molar-refractivity contribution in [3.05, 3.63) is 88.2 Å². The number of amides is 1. The highest BCUT2D eigenvalue weighted by Crippen LogP contribution is 2.21. The second-order valence-corrected chi connectivity index (χ2v) is 10.4. The van der Waals surface area contributed by atoms with Gasteiger partial charge >= 0.3 is 5.97 Å². The molecule has 0 aliphatic carbocycles. The fraction of sp³-hybridized carbons (Fsp3) is 0.160. The normalized spacial score (nSPS) is 12.0. The Labute approximate surface area is 206 Å². The highest BCUT2D eigenvalue weighted by Gasteiger charge is 2.16. The molecule has 8 nitrogen and oxygen atoms in total. The largest absolute Gasteiger partial charge is 0.465 e. The molecular weight excluding hydrogens is 486 g/mol. The van der Waals surface area contributed by atoms with Crippen LogP contribution in [0.5, 0.6) is 0 Å². The minimum Gasteiger partial charge on any atom is -0.465 e. The molecule has 0 atom stereocenters. The Morgan fingerprint density at radius 3 is 2.46 bits per heavy atom. The van der Waals surface area contributed by atoms with Gasteiger partial charge in [-0.25, -0.2) is 13.2 Å². The number of carbonyl (C=O) groups excluding carboxylic acids is 2. The van der Waals surface area contributed by atoms with E-state index in [2.05, 4.69) is 9.71 Å². The summed E-state index contributed by atoms with van der Waals surface area (Å²) in [5.74, 6) is -0.953. The van der Waals surface area contributed by atoms with E-state index in [0.29, 0.717) is 16.9 Å². The Kier molecular flexibility index (Phi) is 6.86. The van der Waals surface area contributed by atoms with Crippen LogP contribution in [-0.4, -0.2) is 32.0 Å². The number of ether oxygens (including phenoxy) is 1. The van der Waals surface area contributed by atoms with Crippen LogP contribution < -0.4 is 9.52 Å². The highest BCUT2D eigenvalue weighted by molar-refractivity contribution is 7.92. The second-order valence-electron chi connectivity index (χ2n) is 7.72. The molecule has 0 aliphatic rings. The van der Waals surface area contributed by atoms with Crippen LogP contribution in [0.15, 0.2) is 76.6 Å². The maximum atomic E-state index is 13.0. The first-order valence-corrected chi connectivity index (χ1v) is 13.0. The number of benzene rings is 3. The molecule has 0 unspecified atom stereocenters. The number of methoxy groups -OCH3 is 1. The van der Waals surface area contributed by atoms with Crippen molar-refractivity contribution < 1.29 is 22.7 Å². The molecule has 4 rings (SSSR count). The van der Waals surface area contributed by atoms with E-state index < -0.39 is 21.9 Å². The van der Waals surface area contributed by atoms with Crippen molar-refractivity contribution in [1.29, 1.82) is 0 Å². The number of fused-ring (bicyclic) bond motifs is 1. The number of rotatable bonds is 6. The molecule has 10 heteroatoms. The van der Waals surface area contributed by atoms with Crippen LogP contribution in [0.3, 0.4) is 0 Å². The summed E-state index contributed by atoms with van der Waals surface area (Å²) in [6.45, 7) is 4.38. The van der Waals surface area contributed by atoms with Gasteiger partial charge in [0.15, 0.2) is 4.80 Å². The van der Waals surface area contributed by atoms with Crippen LogP contribution in [-0.2, 0) is 21.3 Å². The van der Waals surface area contributed by atoms with Crippen LogP contribution in [0.2, 0.25) is 0 Å². The van der Waals surface area contributed by atoms with Crippen LogP contribution >= 0.6 is 11.3 Å².